The normalized spacial score (nSPS) is 15.0. The molecule has 1 aliphatic heterocycles. The lowest BCUT2D eigenvalue weighted by atomic mass is 10.2. The van der Waals surface area contributed by atoms with Crippen LogP contribution in [0.2, 0.25) is 0 Å². The molecule has 1 aliphatic rings. The monoisotopic (exact) mass is 460 g/mol. The number of carbonyl (C=O) groups excluding carboxylic acids is 1. The van der Waals surface area contributed by atoms with E-state index in [0.29, 0.717) is 33.5 Å². The van der Waals surface area contributed by atoms with Gasteiger partial charge in [-0.25, -0.2) is 4.98 Å². The fourth-order valence-electron chi connectivity index (χ4n) is 2.76. The number of nitro benzene ring substituents is 1. The molecule has 1 aromatic carbocycles. The van der Waals surface area contributed by atoms with Gasteiger partial charge < -0.3 is 20.5 Å². The lowest BCUT2D eigenvalue weighted by molar-refractivity contribution is -0.384. The molecule has 0 atom stereocenters. The molecule has 1 amide bonds. The van der Waals surface area contributed by atoms with Gasteiger partial charge in [0.2, 0.25) is 11.9 Å². The number of benzene rings is 1. The van der Waals surface area contributed by atoms with Crippen LogP contribution >= 0.6 is 31.9 Å². The second kappa shape index (κ2) is 6.65. The second-order valence-corrected chi connectivity index (χ2v) is 6.99. The van der Waals surface area contributed by atoms with Crippen molar-refractivity contribution in [2.24, 2.45) is 5.73 Å². The van der Waals surface area contributed by atoms with Gasteiger partial charge in [-0.05, 0) is 37.9 Å². The molecule has 128 valence electrons. The van der Waals surface area contributed by atoms with Crippen molar-refractivity contribution in [3.05, 3.63) is 25.1 Å². The van der Waals surface area contributed by atoms with E-state index in [1.165, 1.54) is 0 Å². The molecule has 1 fully saturated rings. The Morgan fingerprint density at radius 1 is 1.42 bits per heavy atom. The van der Waals surface area contributed by atoms with Gasteiger partial charge in [0.25, 0.3) is 0 Å². The highest BCUT2D eigenvalue weighted by atomic mass is 79.9. The molecule has 24 heavy (non-hydrogen) atoms. The minimum Gasteiger partial charge on any atom is -0.368 e. The van der Waals surface area contributed by atoms with Crippen LogP contribution in [-0.2, 0) is 11.3 Å². The molecule has 11 heteroatoms. The molecule has 1 saturated heterocycles. The number of piperazine rings is 1. The lowest BCUT2D eigenvalue weighted by Crippen LogP contribution is -2.44. The number of nitrogens with zero attached hydrogens (tertiary/aromatic N) is 4. The maximum Gasteiger partial charge on any atom is 0.312 e. The standard InChI is InChI=1S/C13H14Br2N6O3/c14-7-5-8-11(12(10(7)15)21(23)24)18-13(20(8)6-9(16)22)19-3-1-17-2-4-19/h5,17H,1-4,6H2,(H2,16,22). The summed E-state index contributed by atoms with van der Waals surface area (Å²) in [6, 6.07) is 1.70. The summed E-state index contributed by atoms with van der Waals surface area (Å²) in [5, 5.41) is 14.7. The first-order chi connectivity index (χ1) is 11.4. The lowest BCUT2D eigenvalue weighted by Gasteiger charge is -2.28. The third-order valence-electron chi connectivity index (χ3n) is 3.79. The smallest absolute Gasteiger partial charge is 0.312 e. The number of carbonyl (C=O) groups is 1. The van der Waals surface area contributed by atoms with Crippen molar-refractivity contribution in [3.63, 3.8) is 0 Å². The zero-order chi connectivity index (χ0) is 17.4. The first kappa shape index (κ1) is 17.1. The van der Waals surface area contributed by atoms with Crippen molar-refractivity contribution in [3.8, 4) is 0 Å². The number of halogens is 2. The van der Waals surface area contributed by atoms with Crippen LogP contribution in [0, 0.1) is 10.1 Å². The summed E-state index contributed by atoms with van der Waals surface area (Å²) in [7, 11) is 0. The van der Waals surface area contributed by atoms with Crippen LogP contribution in [0.25, 0.3) is 11.0 Å². The fourth-order valence-corrected chi connectivity index (χ4v) is 3.61. The number of nitro groups is 1. The summed E-state index contributed by atoms with van der Waals surface area (Å²) in [5.74, 6) is -0.0224. The summed E-state index contributed by atoms with van der Waals surface area (Å²) >= 11 is 6.54. The molecule has 0 saturated carbocycles. The number of anilines is 1. The van der Waals surface area contributed by atoms with Crippen LogP contribution in [0.3, 0.4) is 0 Å². The zero-order valence-electron chi connectivity index (χ0n) is 12.5. The summed E-state index contributed by atoms with van der Waals surface area (Å²) < 4.78 is 2.46. The molecule has 0 aliphatic carbocycles. The third-order valence-corrected chi connectivity index (χ3v) is 5.75. The van der Waals surface area contributed by atoms with Crippen molar-refractivity contribution in [1.29, 1.82) is 0 Å². The molecule has 3 rings (SSSR count). The molecule has 2 aromatic rings. The molecule has 3 N–H and O–H groups in total. The third kappa shape index (κ3) is 2.98. The highest BCUT2D eigenvalue weighted by Crippen LogP contribution is 2.40. The average Bonchev–Trinajstić information content (AvgIpc) is 2.86. The van der Waals surface area contributed by atoms with Crippen molar-refractivity contribution in [1.82, 2.24) is 14.9 Å². The van der Waals surface area contributed by atoms with E-state index in [4.69, 9.17) is 5.73 Å². The number of fused-ring (bicyclic) bond motifs is 1. The average molecular weight is 462 g/mol. The maximum atomic E-state index is 11.5. The first-order valence-corrected chi connectivity index (χ1v) is 8.75. The van der Waals surface area contributed by atoms with E-state index in [9.17, 15) is 14.9 Å². The minimum absolute atomic E-state index is 0.0962. The molecule has 2 heterocycles. The molecule has 9 nitrogen and oxygen atoms in total. The van der Waals surface area contributed by atoms with Crippen molar-refractivity contribution in [2.45, 2.75) is 6.54 Å². The van der Waals surface area contributed by atoms with E-state index >= 15 is 0 Å². The molecule has 0 spiro atoms. The van der Waals surface area contributed by atoms with Gasteiger partial charge in [0, 0.05) is 30.7 Å². The predicted molar refractivity (Wildman–Crippen MR) is 96.1 cm³/mol. The predicted octanol–water partition coefficient (Wildman–Crippen LogP) is 1.36. The van der Waals surface area contributed by atoms with Crippen molar-refractivity contribution < 1.29 is 9.72 Å². The van der Waals surface area contributed by atoms with E-state index in [-0.39, 0.29) is 17.7 Å². The summed E-state index contributed by atoms with van der Waals surface area (Å²) in [6.07, 6.45) is 0. The van der Waals surface area contributed by atoms with Crippen LogP contribution in [-0.4, -0.2) is 46.6 Å². The van der Waals surface area contributed by atoms with Gasteiger partial charge in [0.1, 0.15) is 11.0 Å². The summed E-state index contributed by atoms with van der Waals surface area (Å²) in [4.78, 5) is 29.0. The van der Waals surface area contributed by atoms with Gasteiger partial charge in [-0.3, -0.25) is 14.9 Å². The van der Waals surface area contributed by atoms with Crippen LogP contribution < -0.4 is 16.0 Å². The molecule has 0 radical (unpaired) electrons. The van der Waals surface area contributed by atoms with Gasteiger partial charge in [-0.15, -0.1) is 0 Å². The zero-order valence-corrected chi connectivity index (χ0v) is 15.6. The number of rotatable bonds is 4. The van der Waals surface area contributed by atoms with Crippen LogP contribution in [0.15, 0.2) is 15.0 Å². The van der Waals surface area contributed by atoms with Crippen LogP contribution in [0.5, 0.6) is 0 Å². The van der Waals surface area contributed by atoms with Crippen molar-refractivity contribution >= 4 is 60.4 Å². The first-order valence-electron chi connectivity index (χ1n) is 7.16. The van der Waals surface area contributed by atoms with Gasteiger partial charge in [-0.1, -0.05) is 0 Å². The van der Waals surface area contributed by atoms with E-state index in [1.807, 2.05) is 4.90 Å². The Bertz CT molecular complexity index is 831. The Hall–Kier alpha value is -1.72. The molecular formula is C13H14Br2N6O3. The summed E-state index contributed by atoms with van der Waals surface area (Å²) in [6.45, 7) is 2.84. The number of primary amides is 1. The Labute approximate surface area is 153 Å². The second-order valence-electron chi connectivity index (χ2n) is 5.35. The Balaban J connectivity index is 2.28. The summed E-state index contributed by atoms with van der Waals surface area (Å²) in [5.41, 5.74) is 5.94. The molecule has 1 aromatic heterocycles. The highest BCUT2D eigenvalue weighted by Gasteiger charge is 2.28. The Morgan fingerprint density at radius 3 is 2.67 bits per heavy atom. The number of aromatic nitrogens is 2. The van der Waals surface area contributed by atoms with E-state index in [1.54, 1.807) is 10.6 Å². The fraction of sp³-hybridized carbons (Fsp3) is 0.385. The molecular weight excluding hydrogens is 448 g/mol. The topological polar surface area (TPSA) is 119 Å². The van der Waals surface area contributed by atoms with E-state index in [0.717, 1.165) is 13.1 Å². The van der Waals surface area contributed by atoms with Gasteiger partial charge >= 0.3 is 5.69 Å². The number of hydrogen-bond acceptors (Lipinski definition) is 6. The Morgan fingerprint density at radius 2 is 2.08 bits per heavy atom. The largest absolute Gasteiger partial charge is 0.368 e. The number of nitrogens with one attached hydrogen (secondary N) is 1. The Kier molecular flexibility index (Phi) is 4.74. The maximum absolute atomic E-state index is 11.5. The van der Waals surface area contributed by atoms with Crippen LogP contribution in [0.1, 0.15) is 0 Å². The van der Waals surface area contributed by atoms with Gasteiger partial charge in [-0.2, -0.15) is 0 Å². The SMILES string of the molecule is NC(=O)Cn1c(N2CCNCC2)nc2c([N+](=O)[O-])c(Br)c(Br)cc21. The number of amides is 1. The molecule has 0 unspecified atom stereocenters. The van der Waals surface area contributed by atoms with Gasteiger partial charge in [0.05, 0.1) is 10.4 Å². The number of hydrogen-bond donors (Lipinski definition) is 2. The quantitative estimate of drug-likeness (QED) is 0.524. The van der Waals surface area contributed by atoms with Gasteiger partial charge in [0.15, 0.2) is 5.52 Å². The van der Waals surface area contributed by atoms with Crippen molar-refractivity contribution in [2.75, 3.05) is 31.1 Å². The number of imidazole rings is 1. The molecule has 0 bridgehead atoms. The van der Waals surface area contributed by atoms with Crippen LogP contribution in [0.4, 0.5) is 11.6 Å². The minimum atomic E-state index is -0.535. The van der Waals surface area contributed by atoms with E-state index in [2.05, 4.69) is 42.2 Å². The number of nitrogens with two attached hydrogens (primary N) is 1. The highest BCUT2D eigenvalue weighted by molar-refractivity contribution is 9.13. The van der Waals surface area contributed by atoms with E-state index < -0.39 is 10.8 Å².